The van der Waals surface area contributed by atoms with Crippen molar-refractivity contribution in [3.63, 3.8) is 0 Å². The van der Waals surface area contributed by atoms with E-state index in [1.54, 1.807) is 0 Å². The van der Waals surface area contributed by atoms with Crippen LogP contribution in [-0.2, 0) is 5.41 Å². The van der Waals surface area contributed by atoms with E-state index in [0.29, 0.717) is 5.89 Å². The Morgan fingerprint density at radius 2 is 1.25 bits per heavy atom. The minimum Gasteiger partial charge on any atom is -0.454 e. The van der Waals surface area contributed by atoms with Crippen molar-refractivity contribution in [1.29, 1.82) is 0 Å². The molecule has 1 aliphatic carbocycles. The van der Waals surface area contributed by atoms with Gasteiger partial charge in [0.25, 0.3) is 0 Å². The standard InChI is InChI=1S/C44H30N2O2/c1-44(2)35-16-6-5-13-31(35)32-24-23-30(26-36(32)44)46(29-22-21-27-11-3-4-12-28(27)25-29)38-18-9-14-33-41-34(15-10-20-40(41)47-42(33)38)43-45-37-17-7-8-19-39(37)48-43/h3-26H,1-2H3. The molecule has 1 aliphatic rings. The lowest BCUT2D eigenvalue weighted by atomic mass is 9.82. The molecule has 0 atom stereocenters. The fourth-order valence-corrected chi connectivity index (χ4v) is 7.75. The normalized spacial score (nSPS) is 13.4. The first-order valence-electron chi connectivity index (χ1n) is 16.4. The molecule has 0 fully saturated rings. The lowest BCUT2D eigenvalue weighted by Gasteiger charge is -2.28. The van der Waals surface area contributed by atoms with E-state index < -0.39 is 0 Å². The van der Waals surface area contributed by atoms with Gasteiger partial charge in [0.1, 0.15) is 11.1 Å². The summed E-state index contributed by atoms with van der Waals surface area (Å²) < 4.78 is 13.1. The molecule has 2 aromatic heterocycles. The molecule has 0 N–H and O–H groups in total. The molecular weight excluding hydrogens is 588 g/mol. The smallest absolute Gasteiger partial charge is 0.228 e. The highest BCUT2D eigenvalue weighted by Gasteiger charge is 2.36. The van der Waals surface area contributed by atoms with Crippen molar-refractivity contribution in [1.82, 2.24) is 4.98 Å². The van der Waals surface area contributed by atoms with Crippen molar-refractivity contribution < 1.29 is 8.83 Å². The minimum absolute atomic E-state index is 0.128. The summed E-state index contributed by atoms with van der Waals surface area (Å²) >= 11 is 0. The van der Waals surface area contributed by atoms with Crippen molar-refractivity contribution in [2.24, 2.45) is 0 Å². The molecule has 2 heterocycles. The van der Waals surface area contributed by atoms with Crippen molar-refractivity contribution in [2.75, 3.05) is 4.90 Å². The van der Waals surface area contributed by atoms with E-state index in [9.17, 15) is 0 Å². The highest BCUT2D eigenvalue weighted by molar-refractivity contribution is 6.15. The van der Waals surface area contributed by atoms with Crippen LogP contribution in [0.25, 0.3) is 66.4 Å². The average Bonchev–Trinajstić information content (AvgIpc) is 3.80. The maximum atomic E-state index is 6.80. The second-order valence-corrected chi connectivity index (χ2v) is 13.2. The number of anilines is 3. The van der Waals surface area contributed by atoms with Gasteiger partial charge >= 0.3 is 0 Å². The van der Waals surface area contributed by atoms with Gasteiger partial charge in [0, 0.05) is 33.1 Å². The summed E-state index contributed by atoms with van der Waals surface area (Å²) in [7, 11) is 0. The number of para-hydroxylation sites is 3. The molecule has 10 rings (SSSR count). The molecule has 4 nitrogen and oxygen atoms in total. The number of furan rings is 1. The summed E-state index contributed by atoms with van der Waals surface area (Å²) in [4.78, 5) is 7.19. The Balaban J connectivity index is 1.22. The number of hydrogen-bond acceptors (Lipinski definition) is 4. The van der Waals surface area contributed by atoms with Gasteiger partial charge in [0.15, 0.2) is 11.2 Å². The van der Waals surface area contributed by atoms with Crippen molar-refractivity contribution in [3.8, 4) is 22.6 Å². The third-order valence-corrected chi connectivity index (χ3v) is 10.1. The number of oxazole rings is 1. The Labute approximate surface area is 277 Å². The van der Waals surface area contributed by atoms with Gasteiger partial charge < -0.3 is 13.7 Å². The lowest BCUT2D eigenvalue weighted by Crippen LogP contribution is -2.16. The molecule has 0 aliphatic heterocycles. The second-order valence-electron chi connectivity index (χ2n) is 13.2. The number of hydrogen-bond donors (Lipinski definition) is 0. The Hall–Kier alpha value is -6.13. The van der Waals surface area contributed by atoms with Crippen LogP contribution in [0, 0.1) is 0 Å². The number of fused-ring (bicyclic) bond motifs is 8. The third-order valence-electron chi connectivity index (χ3n) is 10.1. The second kappa shape index (κ2) is 9.93. The van der Waals surface area contributed by atoms with Gasteiger partial charge in [0.2, 0.25) is 5.89 Å². The molecule has 0 saturated heterocycles. The summed E-state index contributed by atoms with van der Waals surface area (Å²) in [5.41, 5.74) is 12.4. The van der Waals surface area contributed by atoms with Gasteiger partial charge in [0.05, 0.1) is 5.69 Å². The van der Waals surface area contributed by atoms with E-state index in [1.807, 2.05) is 36.4 Å². The van der Waals surface area contributed by atoms with E-state index in [0.717, 1.165) is 55.7 Å². The minimum atomic E-state index is -0.128. The van der Waals surface area contributed by atoms with Crippen LogP contribution in [0.2, 0.25) is 0 Å². The highest BCUT2D eigenvalue weighted by atomic mass is 16.3. The van der Waals surface area contributed by atoms with Crippen LogP contribution < -0.4 is 4.90 Å². The molecule has 4 heteroatoms. The van der Waals surface area contributed by atoms with Crippen LogP contribution >= 0.6 is 0 Å². The molecule has 0 unspecified atom stereocenters. The first-order valence-corrected chi connectivity index (χ1v) is 16.4. The van der Waals surface area contributed by atoms with Gasteiger partial charge in [-0.2, -0.15) is 0 Å². The zero-order valence-electron chi connectivity index (χ0n) is 26.6. The van der Waals surface area contributed by atoms with Crippen molar-refractivity contribution >= 4 is 60.9 Å². The van der Waals surface area contributed by atoms with Gasteiger partial charge in [-0.15, -0.1) is 0 Å². The summed E-state index contributed by atoms with van der Waals surface area (Å²) in [6.07, 6.45) is 0. The molecule has 0 radical (unpaired) electrons. The topological polar surface area (TPSA) is 42.4 Å². The molecular formula is C44H30N2O2. The lowest BCUT2D eigenvalue weighted by molar-refractivity contribution is 0.620. The fourth-order valence-electron chi connectivity index (χ4n) is 7.75. The van der Waals surface area contributed by atoms with Gasteiger partial charge in [-0.25, -0.2) is 4.98 Å². The maximum Gasteiger partial charge on any atom is 0.228 e. The number of nitrogens with zero attached hydrogens (tertiary/aromatic N) is 2. The van der Waals surface area contributed by atoms with Gasteiger partial charge in [-0.3, -0.25) is 0 Å². The molecule has 0 amide bonds. The molecule has 0 bridgehead atoms. The van der Waals surface area contributed by atoms with Crippen LogP contribution in [-0.4, -0.2) is 4.98 Å². The van der Waals surface area contributed by atoms with E-state index >= 15 is 0 Å². The number of benzene rings is 7. The first-order chi connectivity index (χ1) is 23.5. The zero-order valence-corrected chi connectivity index (χ0v) is 26.6. The number of aromatic nitrogens is 1. The molecule has 0 saturated carbocycles. The van der Waals surface area contributed by atoms with Crippen LogP contribution in [0.1, 0.15) is 25.0 Å². The molecule has 48 heavy (non-hydrogen) atoms. The summed E-state index contributed by atoms with van der Waals surface area (Å²) in [5.74, 6) is 0.585. The van der Waals surface area contributed by atoms with Gasteiger partial charge in [-0.05, 0) is 87.6 Å². The molecule has 0 spiro atoms. The molecule has 9 aromatic rings. The predicted molar refractivity (Wildman–Crippen MR) is 196 cm³/mol. The summed E-state index contributed by atoms with van der Waals surface area (Å²) in [6.45, 7) is 4.66. The van der Waals surface area contributed by atoms with Crippen molar-refractivity contribution in [3.05, 3.63) is 157 Å². The SMILES string of the molecule is CC1(C)c2ccccc2-c2ccc(N(c3ccc4ccccc4c3)c3cccc4c3oc3cccc(-c5nc6ccccc6o5)c34)cc21. The third kappa shape index (κ3) is 3.86. The number of rotatable bonds is 4. The fraction of sp³-hybridized carbons (Fsp3) is 0.0682. The largest absolute Gasteiger partial charge is 0.454 e. The maximum absolute atomic E-state index is 6.80. The molecule has 228 valence electrons. The van der Waals surface area contributed by atoms with Crippen LogP contribution in [0.5, 0.6) is 0 Å². The monoisotopic (exact) mass is 618 g/mol. The van der Waals surface area contributed by atoms with Crippen LogP contribution in [0.15, 0.2) is 154 Å². The Bertz CT molecular complexity index is 2700. The zero-order chi connectivity index (χ0) is 32.0. The van der Waals surface area contributed by atoms with E-state index in [4.69, 9.17) is 13.8 Å². The Morgan fingerprint density at radius 1 is 0.542 bits per heavy atom. The summed E-state index contributed by atoms with van der Waals surface area (Å²) in [6, 6.07) is 51.3. The molecule has 7 aromatic carbocycles. The Morgan fingerprint density at radius 3 is 2.17 bits per heavy atom. The Kier molecular flexibility index (Phi) is 5.59. The van der Waals surface area contributed by atoms with E-state index in [2.05, 4.69) is 128 Å². The van der Waals surface area contributed by atoms with Crippen molar-refractivity contribution in [2.45, 2.75) is 19.3 Å². The van der Waals surface area contributed by atoms with E-state index in [-0.39, 0.29) is 5.41 Å². The predicted octanol–water partition coefficient (Wildman–Crippen LogP) is 12.3. The van der Waals surface area contributed by atoms with Crippen LogP contribution in [0.4, 0.5) is 17.1 Å². The quantitative estimate of drug-likeness (QED) is 0.197. The summed E-state index contributed by atoms with van der Waals surface area (Å²) in [5, 5.41) is 4.39. The highest BCUT2D eigenvalue weighted by Crippen LogP contribution is 2.51. The first kappa shape index (κ1) is 27.0. The van der Waals surface area contributed by atoms with E-state index in [1.165, 1.54) is 33.0 Å². The van der Waals surface area contributed by atoms with Gasteiger partial charge in [-0.1, -0.05) is 105 Å². The average molecular weight is 619 g/mol. The van der Waals surface area contributed by atoms with Crippen LogP contribution in [0.3, 0.4) is 0 Å².